The van der Waals surface area contributed by atoms with Crippen LogP contribution < -0.4 is 5.32 Å². The minimum absolute atomic E-state index is 0.0960. The highest BCUT2D eigenvalue weighted by Crippen LogP contribution is 2.35. The molecular weight excluding hydrogens is 396 g/mol. The molecule has 0 atom stereocenters. The summed E-state index contributed by atoms with van der Waals surface area (Å²) in [6, 6.07) is 5.22. The topological polar surface area (TPSA) is 83.6 Å². The fraction of sp³-hybridized carbons (Fsp3) is 0.100. The van der Waals surface area contributed by atoms with Gasteiger partial charge in [0.25, 0.3) is 5.91 Å². The molecule has 1 aromatic carbocycles. The number of hydrogen-bond acceptors (Lipinski definition) is 5. The lowest BCUT2D eigenvalue weighted by Crippen LogP contribution is -2.16. The summed E-state index contributed by atoms with van der Waals surface area (Å²) in [5.41, 5.74) is 1.79. The number of aromatic nitrogens is 4. The van der Waals surface area contributed by atoms with Gasteiger partial charge in [-0.05, 0) is 32.0 Å². The predicted octanol–water partition coefficient (Wildman–Crippen LogP) is 4.74. The van der Waals surface area contributed by atoms with Crippen LogP contribution in [0.25, 0.3) is 21.8 Å². The maximum atomic E-state index is 13.7. The number of halogens is 2. The Balaban J connectivity index is 1.56. The van der Waals surface area contributed by atoms with Crippen LogP contribution in [0, 0.1) is 25.5 Å². The van der Waals surface area contributed by atoms with Crippen LogP contribution in [0.15, 0.2) is 42.9 Å². The van der Waals surface area contributed by atoms with Gasteiger partial charge in [-0.15, -0.1) is 11.3 Å². The van der Waals surface area contributed by atoms with Crippen molar-refractivity contribution in [3.05, 3.63) is 70.8 Å². The van der Waals surface area contributed by atoms with E-state index >= 15 is 0 Å². The van der Waals surface area contributed by atoms with E-state index in [2.05, 4.69) is 25.3 Å². The zero-order chi connectivity index (χ0) is 20.5. The average molecular weight is 411 g/mol. The third kappa shape index (κ3) is 3.77. The average Bonchev–Trinajstić information content (AvgIpc) is 3.28. The number of hydrogen-bond donors (Lipinski definition) is 2. The Morgan fingerprint density at radius 3 is 2.45 bits per heavy atom. The van der Waals surface area contributed by atoms with Gasteiger partial charge in [0.05, 0.1) is 34.9 Å². The number of aryl methyl sites for hydroxylation is 2. The van der Waals surface area contributed by atoms with Gasteiger partial charge in [-0.25, -0.2) is 18.7 Å². The fourth-order valence-electron chi connectivity index (χ4n) is 2.84. The third-order valence-corrected chi connectivity index (χ3v) is 5.33. The molecule has 4 rings (SSSR count). The maximum absolute atomic E-state index is 13.7. The molecule has 0 bridgehead atoms. The molecule has 146 valence electrons. The van der Waals surface area contributed by atoms with Crippen LogP contribution in [0.2, 0.25) is 0 Å². The number of nitrogens with zero attached hydrogens (tertiary/aromatic N) is 3. The molecule has 4 aromatic rings. The normalized spacial score (nSPS) is 10.9. The van der Waals surface area contributed by atoms with E-state index in [1.807, 2.05) is 19.9 Å². The van der Waals surface area contributed by atoms with Crippen molar-refractivity contribution >= 4 is 23.1 Å². The highest BCUT2D eigenvalue weighted by Gasteiger charge is 2.18. The molecule has 9 heteroatoms. The Hall–Kier alpha value is -3.46. The van der Waals surface area contributed by atoms with Crippen molar-refractivity contribution in [1.82, 2.24) is 19.9 Å². The van der Waals surface area contributed by atoms with Gasteiger partial charge in [-0.2, -0.15) is 0 Å². The molecule has 3 heterocycles. The van der Waals surface area contributed by atoms with Crippen molar-refractivity contribution in [3.8, 4) is 21.8 Å². The van der Waals surface area contributed by atoms with E-state index in [1.54, 1.807) is 17.5 Å². The summed E-state index contributed by atoms with van der Waals surface area (Å²) in [6.07, 6.45) is 4.63. The van der Waals surface area contributed by atoms with Crippen molar-refractivity contribution in [3.63, 3.8) is 0 Å². The fourth-order valence-corrected chi connectivity index (χ4v) is 3.83. The van der Waals surface area contributed by atoms with E-state index in [-0.39, 0.29) is 5.82 Å². The first-order chi connectivity index (χ1) is 13.9. The highest BCUT2D eigenvalue weighted by atomic mass is 32.1. The van der Waals surface area contributed by atoms with Gasteiger partial charge in [0.2, 0.25) is 0 Å². The van der Waals surface area contributed by atoms with Gasteiger partial charge in [-0.1, -0.05) is 6.07 Å². The van der Waals surface area contributed by atoms with Crippen molar-refractivity contribution in [2.45, 2.75) is 13.8 Å². The molecule has 0 spiro atoms. The van der Waals surface area contributed by atoms with Gasteiger partial charge in [-0.3, -0.25) is 9.78 Å². The third-order valence-electron chi connectivity index (χ3n) is 4.25. The van der Waals surface area contributed by atoms with Crippen molar-refractivity contribution in [2.24, 2.45) is 0 Å². The second-order valence-corrected chi connectivity index (χ2v) is 7.56. The van der Waals surface area contributed by atoms with Crippen LogP contribution in [-0.2, 0) is 0 Å². The summed E-state index contributed by atoms with van der Waals surface area (Å²) in [5, 5.41) is 2.36. The Morgan fingerprint density at radius 1 is 1.07 bits per heavy atom. The largest absolute Gasteiger partial charge is 0.342 e. The molecule has 29 heavy (non-hydrogen) atoms. The van der Waals surface area contributed by atoms with E-state index in [4.69, 9.17) is 0 Å². The molecule has 0 radical (unpaired) electrons. The van der Waals surface area contributed by atoms with Gasteiger partial charge in [0.15, 0.2) is 5.82 Å². The van der Waals surface area contributed by atoms with Crippen LogP contribution in [0.4, 0.5) is 14.6 Å². The van der Waals surface area contributed by atoms with Crippen LogP contribution in [0.1, 0.15) is 21.1 Å². The van der Waals surface area contributed by atoms with Crippen molar-refractivity contribution in [2.75, 3.05) is 5.32 Å². The Labute approximate surface area is 168 Å². The lowest BCUT2D eigenvalue weighted by atomic mass is 10.2. The summed E-state index contributed by atoms with van der Waals surface area (Å²) < 4.78 is 27.5. The van der Waals surface area contributed by atoms with E-state index in [0.29, 0.717) is 5.69 Å². The van der Waals surface area contributed by atoms with Crippen molar-refractivity contribution < 1.29 is 13.6 Å². The maximum Gasteiger partial charge on any atom is 0.262 e. The van der Waals surface area contributed by atoms with Crippen LogP contribution in [0.3, 0.4) is 0 Å². The minimum atomic E-state index is -0.942. The Bertz CT molecular complexity index is 1180. The monoisotopic (exact) mass is 411 g/mol. The second-order valence-electron chi connectivity index (χ2n) is 6.30. The molecule has 0 saturated heterocycles. The first-order valence-electron chi connectivity index (χ1n) is 8.62. The number of amides is 1. The number of rotatable bonds is 4. The van der Waals surface area contributed by atoms with E-state index in [1.165, 1.54) is 18.5 Å². The zero-order valence-electron chi connectivity index (χ0n) is 15.5. The van der Waals surface area contributed by atoms with E-state index < -0.39 is 23.1 Å². The van der Waals surface area contributed by atoms with Crippen LogP contribution in [0.5, 0.6) is 0 Å². The van der Waals surface area contributed by atoms with Gasteiger partial charge >= 0.3 is 0 Å². The van der Waals surface area contributed by atoms with E-state index in [9.17, 15) is 13.6 Å². The number of carbonyl (C=O) groups is 1. The van der Waals surface area contributed by atoms with Crippen LogP contribution >= 0.6 is 11.3 Å². The first kappa shape index (κ1) is 18.9. The lowest BCUT2D eigenvalue weighted by Gasteiger charge is -2.07. The number of anilines is 1. The minimum Gasteiger partial charge on any atom is -0.342 e. The summed E-state index contributed by atoms with van der Waals surface area (Å²) in [6.45, 7) is 3.86. The summed E-state index contributed by atoms with van der Waals surface area (Å²) in [7, 11) is 0. The van der Waals surface area contributed by atoms with Gasteiger partial charge in [0.1, 0.15) is 23.0 Å². The smallest absolute Gasteiger partial charge is 0.262 e. The molecule has 6 nitrogen and oxygen atoms in total. The molecule has 0 aliphatic heterocycles. The molecule has 0 saturated carbocycles. The van der Waals surface area contributed by atoms with Crippen LogP contribution in [-0.4, -0.2) is 25.8 Å². The standard InChI is InChI=1S/C20H15F2N5OS/c1-10-12(6-17(29-10)16-8-23-11(2)26-16)15-7-25-18(9-24-15)27-20(28)19-13(21)4-3-5-14(19)22/h3-9H,1-2H3,(H,23,26)(H,25,27,28). The summed E-state index contributed by atoms with van der Waals surface area (Å²) in [4.78, 5) is 30.1. The molecular formula is C20H15F2N5OS. The van der Waals surface area contributed by atoms with Gasteiger partial charge < -0.3 is 10.3 Å². The molecule has 0 aliphatic rings. The molecule has 2 N–H and O–H groups in total. The summed E-state index contributed by atoms with van der Waals surface area (Å²) >= 11 is 1.60. The van der Waals surface area contributed by atoms with E-state index in [0.717, 1.165) is 39.0 Å². The second kappa shape index (κ2) is 7.51. The Morgan fingerprint density at radius 2 is 1.83 bits per heavy atom. The first-order valence-corrected chi connectivity index (χ1v) is 9.44. The molecule has 0 unspecified atom stereocenters. The molecule has 0 fully saturated rings. The molecule has 0 aliphatic carbocycles. The number of benzene rings is 1. The Kier molecular flexibility index (Phi) is 4.89. The van der Waals surface area contributed by atoms with Gasteiger partial charge in [0, 0.05) is 10.4 Å². The number of thiophene rings is 1. The number of aromatic amines is 1. The molecule has 1 amide bonds. The highest BCUT2D eigenvalue weighted by molar-refractivity contribution is 7.15. The molecule has 3 aromatic heterocycles. The van der Waals surface area contributed by atoms with Crippen molar-refractivity contribution in [1.29, 1.82) is 0 Å². The number of carbonyl (C=O) groups excluding carboxylic acids is 1. The zero-order valence-corrected chi connectivity index (χ0v) is 16.3. The lowest BCUT2D eigenvalue weighted by molar-refractivity contribution is 0.101. The summed E-state index contributed by atoms with van der Waals surface area (Å²) in [5.74, 6) is -1.88. The number of imidazole rings is 1. The SMILES string of the molecule is Cc1ncc(-c2cc(-c3cnc(NC(=O)c4c(F)cccc4F)cn3)c(C)s2)[nH]1. The number of H-pyrrole nitrogens is 1. The quantitative estimate of drug-likeness (QED) is 0.508. The predicted molar refractivity (Wildman–Crippen MR) is 107 cm³/mol. The number of nitrogens with one attached hydrogen (secondary N) is 2.